The molecule has 1 fully saturated rings. The Balaban J connectivity index is 0.00000312. The van der Waals surface area contributed by atoms with Gasteiger partial charge in [0.25, 0.3) is 0 Å². The molecule has 1 aromatic carbocycles. The normalized spacial score (nSPS) is 21.4. The van der Waals surface area contributed by atoms with Crippen molar-refractivity contribution in [3.63, 3.8) is 0 Å². The summed E-state index contributed by atoms with van der Waals surface area (Å²) in [4.78, 5) is -0.231. The Morgan fingerprint density at radius 2 is 1.96 bits per heavy atom. The van der Waals surface area contributed by atoms with Crippen LogP contribution in [0.25, 0.3) is 0 Å². The van der Waals surface area contributed by atoms with Gasteiger partial charge in [0.2, 0.25) is 20.0 Å². The highest BCUT2D eigenvalue weighted by atomic mass is 35.5. The van der Waals surface area contributed by atoms with Crippen LogP contribution in [0.4, 0.5) is 10.1 Å². The fourth-order valence-corrected chi connectivity index (χ4v) is 4.45. The summed E-state index contributed by atoms with van der Waals surface area (Å²) in [5.74, 6) is -1.14. The minimum Gasteiger partial charge on any atom is -0.314 e. The molecular formula is C14H23ClFN3O4S2. The second-order valence-electron chi connectivity index (χ2n) is 5.84. The van der Waals surface area contributed by atoms with Crippen LogP contribution in [0.15, 0.2) is 23.1 Å². The Labute approximate surface area is 154 Å². The molecule has 0 bridgehead atoms. The highest BCUT2D eigenvalue weighted by molar-refractivity contribution is 7.92. The van der Waals surface area contributed by atoms with Crippen molar-refractivity contribution in [2.75, 3.05) is 17.0 Å². The standard InChI is InChI=1S/C14H22FN3O4S2.ClH/c1-3-23(19,20)18-14-5-4-12(9-13(14)15)24(21,22)17-11-6-7-16-10(2)8-11;/h4-5,9-11,16-18H,3,6-8H2,1-2H3;1H. The lowest BCUT2D eigenvalue weighted by atomic mass is 10.0. The van der Waals surface area contributed by atoms with E-state index in [-0.39, 0.29) is 40.8 Å². The third-order valence-corrected chi connectivity index (χ3v) is 6.65. The molecule has 1 aromatic rings. The molecule has 0 amide bonds. The van der Waals surface area contributed by atoms with Crippen molar-refractivity contribution in [3.8, 4) is 0 Å². The van der Waals surface area contributed by atoms with E-state index < -0.39 is 25.9 Å². The van der Waals surface area contributed by atoms with Crippen LogP contribution in [0.1, 0.15) is 26.7 Å². The number of hydrogen-bond donors (Lipinski definition) is 3. The molecule has 1 heterocycles. The Morgan fingerprint density at radius 3 is 2.52 bits per heavy atom. The van der Waals surface area contributed by atoms with Crippen LogP contribution >= 0.6 is 12.4 Å². The Kier molecular flexibility index (Phi) is 7.63. The number of nitrogens with one attached hydrogen (secondary N) is 3. The molecule has 1 aliphatic heterocycles. The summed E-state index contributed by atoms with van der Waals surface area (Å²) in [5, 5.41) is 3.22. The van der Waals surface area contributed by atoms with Crippen LogP contribution in [0.3, 0.4) is 0 Å². The van der Waals surface area contributed by atoms with E-state index in [2.05, 4.69) is 14.8 Å². The summed E-state index contributed by atoms with van der Waals surface area (Å²) in [6.45, 7) is 4.10. The average Bonchev–Trinajstić information content (AvgIpc) is 2.48. The van der Waals surface area contributed by atoms with Crippen molar-refractivity contribution < 1.29 is 21.2 Å². The first-order valence-corrected chi connectivity index (χ1v) is 10.8. The van der Waals surface area contributed by atoms with Gasteiger partial charge in [-0.05, 0) is 51.4 Å². The van der Waals surface area contributed by atoms with E-state index >= 15 is 0 Å². The SMILES string of the molecule is CCS(=O)(=O)Nc1ccc(S(=O)(=O)NC2CCNC(C)C2)cc1F.Cl. The third-order valence-electron chi connectivity index (χ3n) is 3.84. The molecule has 11 heteroatoms. The smallest absolute Gasteiger partial charge is 0.240 e. The molecule has 2 unspecified atom stereocenters. The number of hydrogen-bond acceptors (Lipinski definition) is 5. The predicted molar refractivity (Wildman–Crippen MR) is 97.5 cm³/mol. The fraction of sp³-hybridized carbons (Fsp3) is 0.571. The summed E-state index contributed by atoms with van der Waals surface area (Å²) in [6, 6.07) is 3.10. The van der Waals surface area contributed by atoms with Crippen LogP contribution in [0.2, 0.25) is 0 Å². The summed E-state index contributed by atoms with van der Waals surface area (Å²) in [6.07, 6.45) is 1.30. The van der Waals surface area contributed by atoms with Gasteiger partial charge in [0.1, 0.15) is 5.82 Å². The molecular weight excluding hydrogens is 393 g/mol. The second-order valence-corrected chi connectivity index (χ2v) is 9.57. The fourth-order valence-electron chi connectivity index (χ4n) is 2.51. The second kappa shape index (κ2) is 8.63. The van der Waals surface area contributed by atoms with Crippen molar-refractivity contribution in [2.45, 2.75) is 43.7 Å². The Morgan fingerprint density at radius 1 is 1.28 bits per heavy atom. The first-order chi connectivity index (χ1) is 11.1. The summed E-state index contributed by atoms with van der Waals surface area (Å²) >= 11 is 0. The van der Waals surface area contributed by atoms with E-state index in [0.29, 0.717) is 19.4 Å². The lowest BCUT2D eigenvalue weighted by Crippen LogP contribution is -2.46. The number of halogens is 2. The van der Waals surface area contributed by atoms with Crippen molar-refractivity contribution in [1.82, 2.24) is 10.0 Å². The van der Waals surface area contributed by atoms with E-state index in [1.54, 1.807) is 0 Å². The van der Waals surface area contributed by atoms with Crippen LogP contribution in [-0.4, -0.2) is 41.2 Å². The van der Waals surface area contributed by atoms with Crippen molar-refractivity contribution in [3.05, 3.63) is 24.0 Å². The lowest BCUT2D eigenvalue weighted by Gasteiger charge is -2.28. The van der Waals surface area contributed by atoms with Gasteiger partial charge in [0.05, 0.1) is 16.3 Å². The molecule has 1 saturated heterocycles. The molecule has 2 rings (SSSR count). The van der Waals surface area contributed by atoms with Gasteiger partial charge < -0.3 is 5.32 Å². The molecule has 1 aliphatic rings. The van der Waals surface area contributed by atoms with E-state index in [0.717, 1.165) is 12.1 Å². The topological polar surface area (TPSA) is 104 Å². The molecule has 0 saturated carbocycles. The first-order valence-electron chi connectivity index (χ1n) is 7.68. The predicted octanol–water partition coefficient (Wildman–Crippen LogP) is 1.43. The number of sulfonamides is 2. The molecule has 25 heavy (non-hydrogen) atoms. The van der Waals surface area contributed by atoms with Gasteiger partial charge in [-0.1, -0.05) is 0 Å². The molecule has 3 N–H and O–H groups in total. The molecule has 0 aromatic heterocycles. The Bertz CT molecular complexity index is 802. The lowest BCUT2D eigenvalue weighted by molar-refractivity contribution is 0.361. The van der Waals surface area contributed by atoms with Gasteiger partial charge in [-0.15, -0.1) is 12.4 Å². The molecule has 0 radical (unpaired) electrons. The minimum atomic E-state index is -3.87. The zero-order chi connectivity index (χ0) is 18.0. The van der Waals surface area contributed by atoms with Crippen molar-refractivity contribution in [2.24, 2.45) is 0 Å². The monoisotopic (exact) mass is 415 g/mol. The number of anilines is 1. The van der Waals surface area contributed by atoms with Gasteiger partial charge in [-0.3, -0.25) is 4.72 Å². The van der Waals surface area contributed by atoms with Gasteiger partial charge >= 0.3 is 0 Å². The number of piperidine rings is 1. The van der Waals surface area contributed by atoms with Crippen molar-refractivity contribution >= 4 is 38.1 Å². The van der Waals surface area contributed by atoms with Gasteiger partial charge in [-0.2, -0.15) is 0 Å². The van der Waals surface area contributed by atoms with Crippen molar-refractivity contribution in [1.29, 1.82) is 0 Å². The van der Waals surface area contributed by atoms with E-state index in [4.69, 9.17) is 0 Å². The number of benzene rings is 1. The quantitative estimate of drug-likeness (QED) is 0.652. The number of rotatable bonds is 6. The van der Waals surface area contributed by atoms with Gasteiger partial charge in [-0.25, -0.2) is 25.9 Å². The average molecular weight is 416 g/mol. The van der Waals surface area contributed by atoms with Gasteiger partial charge in [0.15, 0.2) is 0 Å². The maximum absolute atomic E-state index is 14.1. The maximum atomic E-state index is 14.1. The zero-order valence-electron chi connectivity index (χ0n) is 14.0. The molecule has 2 atom stereocenters. The van der Waals surface area contributed by atoms with Crippen LogP contribution < -0.4 is 14.8 Å². The van der Waals surface area contributed by atoms with Crippen LogP contribution in [-0.2, 0) is 20.0 Å². The largest absolute Gasteiger partial charge is 0.314 e. The van der Waals surface area contributed by atoms with Crippen LogP contribution in [0.5, 0.6) is 0 Å². The highest BCUT2D eigenvalue weighted by Gasteiger charge is 2.25. The summed E-state index contributed by atoms with van der Waals surface area (Å²) in [5.41, 5.74) is -0.272. The molecule has 0 aliphatic carbocycles. The van der Waals surface area contributed by atoms with Gasteiger partial charge in [0, 0.05) is 12.1 Å². The third kappa shape index (κ3) is 6.07. The highest BCUT2D eigenvalue weighted by Crippen LogP contribution is 2.21. The van der Waals surface area contributed by atoms with E-state index in [1.165, 1.54) is 13.0 Å². The molecule has 144 valence electrons. The van der Waals surface area contributed by atoms with E-state index in [9.17, 15) is 21.2 Å². The maximum Gasteiger partial charge on any atom is 0.240 e. The van der Waals surface area contributed by atoms with E-state index in [1.807, 2.05) is 6.92 Å². The Hall–Kier alpha value is -0.940. The molecule has 7 nitrogen and oxygen atoms in total. The zero-order valence-corrected chi connectivity index (χ0v) is 16.4. The summed E-state index contributed by atoms with van der Waals surface area (Å²) < 4.78 is 66.4. The first kappa shape index (κ1) is 22.1. The van der Waals surface area contributed by atoms with Crippen LogP contribution in [0, 0.1) is 5.82 Å². The molecule has 0 spiro atoms. The minimum absolute atomic E-state index is 0. The summed E-state index contributed by atoms with van der Waals surface area (Å²) in [7, 11) is -7.50.